The number of carbonyl (C=O) groups excluding carboxylic acids is 2. The molecule has 1 aromatic heterocycles. The molecule has 8 nitrogen and oxygen atoms in total. The van der Waals surface area contributed by atoms with Gasteiger partial charge in [-0.05, 0) is 63.5 Å². The van der Waals surface area contributed by atoms with Crippen molar-refractivity contribution in [1.29, 1.82) is 0 Å². The van der Waals surface area contributed by atoms with E-state index in [1.807, 2.05) is 6.07 Å². The molecule has 0 spiro atoms. The lowest BCUT2D eigenvalue weighted by atomic mass is 10.2. The molecule has 3 heterocycles. The summed E-state index contributed by atoms with van der Waals surface area (Å²) in [6, 6.07) is 3.43. The molecular weight excluding hydrogens is 458 g/mol. The Balaban J connectivity index is 1.40. The van der Waals surface area contributed by atoms with Crippen molar-refractivity contribution in [2.24, 2.45) is 0 Å². The molecule has 0 saturated carbocycles. The molecule has 0 aromatic carbocycles. The van der Waals surface area contributed by atoms with Crippen LogP contribution in [0, 0.1) is 0 Å². The third-order valence-electron chi connectivity index (χ3n) is 5.81. The van der Waals surface area contributed by atoms with Crippen molar-refractivity contribution in [3.63, 3.8) is 0 Å². The molecule has 1 aromatic rings. The largest absolute Gasteiger partial charge is 0.461 e. The van der Waals surface area contributed by atoms with Gasteiger partial charge in [0.15, 0.2) is 12.6 Å². The van der Waals surface area contributed by atoms with Gasteiger partial charge in [-0.3, -0.25) is 4.79 Å². The van der Waals surface area contributed by atoms with Crippen LogP contribution in [0.5, 0.6) is 0 Å². The average Bonchev–Trinajstić information content (AvgIpc) is 3.35. The number of thiophene rings is 1. The number of aryl methyl sites for hydroxylation is 1. The lowest BCUT2D eigenvalue weighted by Crippen LogP contribution is -2.44. The van der Waals surface area contributed by atoms with Gasteiger partial charge in [0.1, 0.15) is 11.5 Å². The summed E-state index contributed by atoms with van der Waals surface area (Å²) in [5, 5.41) is 2.95. The van der Waals surface area contributed by atoms with Crippen LogP contribution in [0.4, 0.5) is 0 Å². The van der Waals surface area contributed by atoms with Gasteiger partial charge in [0.05, 0.1) is 25.7 Å². The van der Waals surface area contributed by atoms with Gasteiger partial charge < -0.3 is 29.0 Å². The first kappa shape index (κ1) is 27.1. The van der Waals surface area contributed by atoms with Gasteiger partial charge in [-0.15, -0.1) is 11.3 Å². The number of nitrogens with one attached hydrogen (secondary N) is 1. The highest BCUT2D eigenvalue weighted by atomic mass is 32.1. The second-order valence-corrected chi connectivity index (χ2v) is 9.95. The zero-order valence-electron chi connectivity index (χ0n) is 20.3. The van der Waals surface area contributed by atoms with E-state index in [1.54, 1.807) is 6.07 Å². The molecule has 3 rings (SSSR count). The third kappa shape index (κ3) is 10.00. The van der Waals surface area contributed by atoms with Gasteiger partial charge in [0.2, 0.25) is 5.91 Å². The standard InChI is InChI=1S/C25H39NO7S/c1-2-3-8-20-11-12-21(34-20)25(28)31-16-13-22(27)26-19(17-32-23-9-4-6-14-29-23)18-33-24-10-5-7-15-30-24/h11-12,19,23-24H,2-10,13-18H2,1H3,(H,26,27). The maximum absolute atomic E-state index is 12.5. The summed E-state index contributed by atoms with van der Waals surface area (Å²) in [6.45, 7) is 4.15. The average molecular weight is 498 g/mol. The van der Waals surface area contributed by atoms with Crippen molar-refractivity contribution in [3.8, 4) is 0 Å². The van der Waals surface area contributed by atoms with E-state index in [0.717, 1.165) is 57.8 Å². The quantitative estimate of drug-likeness (QED) is 0.385. The molecule has 192 valence electrons. The summed E-state index contributed by atoms with van der Waals surface area (Å²) in [7, 11) is 0. The molecule has 2 fully saturated rings. The number of hydrogen-bond donors (Lipinski definition) is 1. The molecule has 2 unspecified atom stereocenters. The maximum atomic E-state index is 12.5. The lowest BCUT2D eigenvalue weighted by molar-refractivity contribution is -0.185. The van der Waals surface area contributed by atoms with Crippen LogP contribution in [0.3, 0.4) is 0 Å². The minimum absolute atomic E-state index is 0.0266. The van der Waals surface area contributed by atoms with E-state index in [1.165, 1.54) is 16.2 Å². The van der Waals surface area contributed by atoms with Crippen LogP contribution in [-0.2, 0) is 34.9 Å². The summed E-state index contributed by atoms with van der Waals surface area (Å²) in [5.74, 6) is -0.596. The maximum Gasteiger partial charge on any atom is 0.348 e. The van der Waals surface area contributed by atoms with Crippen molar-refractivity contribution in [1.82, 2.24) is 5.32 Å². The number of unbranched alkanes of at least 4 members (excludes halogenated alkanes) is 1. The number of esters is 1. The minimum atomic E-state index is -0.382. The van der Waals surface area contributed by atoms with Crippen LogP contribution in [0.15, 0.2) is 12.1 Å². The monoisotopic (exact) mass is 497 g/mol. The van der Waals surface area contributed by atoms with E-state index >= 15 is 0 Å². The Morgan fingerprint density at radius 1 is 1.06 bits per heavy atom. The number of hydrogen-bond acceptors (Lipinski definition) is 8. The third-order valence-corrected chi connectivity index (χ3v) is 6.93. The van der Waals surface area contributed by atoms with Crippen molar-refractivity contribution >= 4 is 23.2 Å². The Labute approximate surface area is 206 Å². The molecule has 2 atom stereocenters. The van der Waals surface area contributed by atoms with E-state index < -0.39 is 0 Å². The van der Waals surface area contributed by atoms with Gasteiger partial charge in [0, 0.05) is 18.1 Å². The smallest absolute Gasteiger partial charge is 0.348 e. The predicted octanol–water partition coefficient (Wildman–Crippen LogP) is 4.21. The highest BCUT2D eigenvalue weighted by molar-refractivity contribution is 7.13. The first-order valence-corrected chi connectivity index (χ1v) is 13.5. The van der Waals surface area contributed by atoms with Crippen LogP contribution in [0.25, 0.3) is 0 Å². The number of amides is 1. The van der Waals surface area contributed by atoms with Crippen LogP contribution < -0.4 is 5.32 Å². The van der Waals surface area contributed by atoms with Crippen molar-refractivity contribution in [2.45, 2.75) is 89.8 Å². The second kappa shape index (κ2) is 15.5. The Kier molecular flexibility index (Phi) is 12.3. The topological polar surface area (TPSA) is 92.3 Å². The summed E-state index contributed by atoms with van der Waals surface area (Å²) in [6.07, 6.45) is 8.73. The molecule has 2 saturated heterocycles. The first-order chi connectivity index (χ1) is 16.6. The molecule has 9 heteroatoms. The fraction of sp³-hybridized carbons (Fsp3) is 0.760. The molecule has 0 radical (unpaired) electrons. The van der Waals surface area contributed by atoms with Crippen LogP contribution in [0.1, 0.15) is 79.3 Å². The SMILES string of the molecule is CCCCc1ccc(C(=O)OCCC(=O)NC(COC2CCCCO2)COC2CCCCO2)s1. The normalized spacial score (nSPS) is 21.7. The summed E-state index contributed by atoms with van der Waals surface area (Å²) < 4.78 is 28.3. The molecule has 0 aliphatic carbocycles. The van der Waals surface area contributed by atoms with Crippen molar-refractivity contribution < 1.29 is 33.3 Å². The van der Waals surface area contributed by atoms with Crippen molar-refractivity contribution in [2.75, 3.05) is 33.0 Å². The zero-order valence-corrected chi connectivity index (χ0v) is 21.1. The minimum Gasteiger partial charge on any atom is -0.461 e. The van der Waals surface area contributed by atoms with E-state index in [0.29, 0.717) is 31.3 Å². The number of rotatable bonds is 14. The number of carbonyl (C=O) groups is 2. The predicted molar refractivity (Wildman–Crippen MR) is 129 cm³/mol. The number of ether oxygens (including phenoxy) is 5. The Morgan fingerprint density at radius 3 is 2.32 bits per heavy atom. The highest BCUT2D eigenvalue weighted by Gasteiger charge is 2.22. The molecule has 34 heavy (non-hydrogen) atoms. The summed E-state index contributed by atoms with van der Waals surface area (Å²) in [4.78, 5) is 26.6. The van der Waals surface area contributed by atoms with E-state index in [2.05, 4.69) is 12.2 Å². The van der Waals surface area contributed by atoms with Gasteiger partial charge in [-0.1, -0.05) is 13.3 Å². The van der Waals surface area contributed by atoms with Gasteiger partial charge in [-0.25, -0.2) is 4.79 Å². The summed E-state index contributed by atoms with van der Waals surface area (Å²) in [5.41, 5.74) is 0. The molecule has 0 bridgehead atoms. The molecular formula is C25H39NO7S. The lowest BCUT2D eigenvalue weighted by Gasteiger charge is -2.28. The Hall–Kier alpha value is -1.52. The van der Waals surface area contributed by atoms with Gasteiger partial charge in [0.25, 0.3) is 0 Å². The van der Waals surface area contributed by atoms with Crippen LogP contribution in [0.2, 0.25) is 0 Å². The van der Waals surface area contributed by atoms with Gasteiger partial charge >= 0.3 is 5.97 Å². The molecule has 2 aliphatic rings. The molecule has 2 aliphatic heterocycles. The highest BCUT2D eigenvalue weighted by Crippen LogP contribution is 2.20. The fourth-order valence-electron chi connectivity index (χ4n) is 3.84. The molecule has 1 N–H and O–H groups in total. The fourth-order valence-corrected chi connectivity index (χ4v) is 4.79. The summed E-state index contributed by atoms with van der Waals surface area (Å²) >= 11 is 1.46. The van der Waals surface area contributed by atoms with E-state index in [9.17, 15) is 9.59 Å². The molecule has 1 amide bonds. The van der Waals surface area contributed by atoms with Crippen LogP contribution in [-0.4, -0.2) is 63.5 Å². The van der Waals surface area contributed by atoms with E-state index in [-0.39, 0.29) is 43.5 Å². The second-order valence-electron chi connectivity index (χ2n) is 8.78. The van der Waals surface area contributed by atoms with Gasteiger partial charge in [-0.2, -0.15) is 0 Å². The van der Waals surface area contributed by atoms with Crippen molar-refractivity contribution in [3.05, 3.63) is 21.9 Å². The first-order valence-electron chi connectivity index (χ1n) is 12.7. The Morgan fingerprint density at radius 2 is 1.74 bits per heavy atom. The van der Waals surface area contributed by atoms with E-state index in [4.69, 9.17) is 23.7 Å². The van der Waals surface area contributed by atoms with Crippen LogP contribution >= 0.6 is 11.3 Å². The Bertz CT molecular complexity index is 707. The zero-order chi connectivity index (χ0) is 24.0.